The Bertz CT molecular complexity index is 887. The molecule has 1 aliphatic carbocycles. The molecular weight excluding hydrogens is 382 g/mol. The van der Waals surface area contributed by atoms with Gasteiger partial charge in [-0.1, -0.05) is 38.0 Å². The fraction of sp³-hybridized carbons (Fsp3) is 0.417. The number of ether oxygens (including phenoxy) is 2. The predicted octanol–water partition coefficient (Wildman–Crippen LogP) is 4.63. The molecule has 0 atom stereocenters. The largest absolute Gasteiger partial charge is 0.493 e. The average molecular weight is 411 g/mol. The Morgan fingerprint density at radius 2 is 1.83 bits per heavy atom. The normalized spacial score (nSPS) is 18.5. The molecule has 0 spiro atoms. The van der Waals surface area contributed by atoms with Crippen molar-refractivity contribution in [2.24, 2.45) is 5.92 Å². The number of carbonyl (C=O) groups excluding carboxylic acids is 1. The zero-order valence-corrected chi connectivity index (χ0v) is 17.5. The molecule has 30 heavy (non-hydrogen) atoms. The smallest absolute Gasteiger partial charge is 0.341 e. The number of rotatable bonds is 8. The van der Waals surface area contributed by atoms with Gasteiger partial charge >= 0.3 is 5.97 Å². The minimum Gasteiger partial charge on any atom is -0.493 e. The van der Waals surface area contributed by atoms with Gasteiger partial charge in [0, 0.05) is 5.69 Å². The van der Waals surface area contributed by atoms with Crippen LogP contribution in [-0.4, -0.2) is 30.7 Å². The van der Waals surface area contributed by atoms with Crippen molar-refractivity contribution in [2.75, 3.05) is 19.0 Å². The van der Waals surface area contributed by atoms with Crippen LogP contribution in [0.15, 0.2) is 42.5 Å². The number of hydrogen-bond donors (Lipinski definition) is 2. The van der Waals surface area contributed by atoms with Crippen molar-refractivity contribution >= 4 is 17.6 Å². The molecule has 0 unspecified atom stereocenters. The van der Waals surface area contributed by atoms with Crippen molar-refractivity contribution in [3.63, 3.8) is 0 Å². The molecule has 0 saturated heterocycles. The summed E-state index contributed by atoms with van der Waals surface area (Å²) in [5, 5.41) is 11.7. The lowest BCUT2D eigenvalue weighted by Gasteiger charge is -2.26. The second-order valence-electron chi connectivity index (χ2n) is 7.97. The Labute approximate surface area is 177 Å². The van der Waals surface area contributed by atoms with Gasteiger partial charge in [-0.05, 0) is 60.1 Å². The van der Waals surface area contributed by atoms with Gasteiger partial charge in [0.1, 0.15) is 0 Å². The maximum Gasteiger partial charge on any atom is 0.341 e. The fourth-order valence-corrected chi connectivity index (χ4v) is 3.94. The highest BCUT2D eigenvalue weighted by molar-refractivity contribution is 5.92. The summed E-state index contributed by atoms with van der Waals surface area (Å²) in [6, 6.07) is 13.2. The van der Waals surface area contributed by atoms with Crippen molar-refractivity contribution in [2.45, 2.75) is 44.9 Å². The van der Waals surface area contributed by atoms with Gasteiger partial charge in [0.2, 0.25) is 5.91 Å². The first-order chi connectivity index (χ1) is 14.4. The minimum absolute atomic E-state index is 0.120. The SMILES string of the molecule is COc1cc(CC(=O)Nc2cccc(C3CCC(C)CC3)c2)ccc1OCC(=O)O. The molecule has 6 nitrogen and oxygen atoms in total. The quantitative estimate of drug-likeness (QED) is 0.661. The number of methoxy groups -OCH3 is 1. The van der Waals surface area contributed by atoms with Crippen LogP contribution in [0, 0.1) is 5.92 Å². The molecule has 0 aliphatic heterocycles. The Morgan fingerprint density at radius 1 is 1.07 bits per heavy atom. The summed E-state index contributed by atoms with van der Waals surface area (Å²) in [7, 11) is 1.48. The highest BCUT2D eigenvalue weighted by atomic mass is 16.5. The van der Waals surface area contributed by atoms with Crippen LogP contribution < -0.4 is 14.8 Å². The fourth-order valence-electron chi connectivity index (χ4n) is 3.94. The Kier molecular flexibility index (Phi) is 7.33. The number of carboxylic acids is 1. The molecule has 1 aliphatic rings. The summed E-state index contributed by atoms with van der Waals surface area (Å²) in [5.41, 5.74) is 2.86. The molecule has 1 fully saturated rings. The van der Waals surface area contributed by atoms with Gasteiger partial charge in [0.05, 0.1) is 13.5 Å². The molecule has 0 heterocycles. The number of carboxylic acid groups (broad SMARTS) is 1. The molecule has 6 heteroatoms. The van der Waals surface area contributed by atoms with E-state index in [1.807, 2.05) is 12.1 Å². The summed E-state index contributed by atoms with van der Waals surface area (Å²) in [6.45, 7) is 1.86. The van der Waals surface area contributed by atoms with Crippen molar-refractivity contribution < 1.29 is 24.2 Å². The zero-order chi connectivity index (χ0) is 21.5. The third kappa shape index (κ3) is 5.99. The van der Waals surface area contributed by atoms with Crippen LogP contribution in [0.1, 0.15) is 49.7 Å². The van der Waals surface area contributed by atoms with E-state index in [0.717, 1.165) is 17.2 Å². The lowest BCUT2D eigenvalue weighted by molar-refractivity contribution is -0.139. The summed E-state index contributed by atoms with van der Waals surface area (Å²) in [6.07, 6.45) is 5.11. The van der Waals surface area contributed by atoms with Crippen molar-refractivity contribution in [1.29, 1.82) is 0 Å². The van der Waals surface area contributed by atoms with E-state index < -0.39 is 12.6 Å². The molecule has 2 aromatic rings. The molecule has 2 N–H and O–H groups in total. The van der Waals surface area contributed by atoms with E-state index in [-0.39, 0.29) is 12.3 Å². The lowest BCUT2D eigenvalue weighted by Crippen LogP contribution is -2.15. The van der Waals surface area contributed by atoms with Gasteiger partial charge in [0.15, 0.2) is 18.1 Å². The summed E-state index contributed by atoms with van der Waals surface area (Å²) in [5.74, 6) is 0.924. The Morgan fingerprint density at radius 3 is 2.53 bits per heavy atom. The van der Waals surface area contributed by atoms with E-state index >= 15 is 0 Å². The zero-order valence-electron chi connectivity index (χ0n) is 17.5. The first kappa shape index (κ1) is 21.7. The topological polar surface area (TPSA) is 84.9 Å². The third-order valence-electron chi connectivity index (χ3n) is 5.60. The second kappa shape index (κ2) is 10.1. The Hall–Kier alpha value is -3.02. The first-order valence-electron chi connectivity index (χ1n) is 10.4. The molecule has 0 bridgehead atoms. The van der Waals surface area contributed by atoms with Crippen molar-refractivity contribution in [1.82, 2.24) is 0 Å². The van der Waals surface area contributed by atoms with Crippen LogP contribution in [0.3, 0.4) is 0 Å². The molecule has 1 amide bonds. The third-order valence-corrected chi connectivity index (χ3v) is 5.60. The first-order valence-corrected chi connectivity index (χ1v) is 10.4. The average Bonchev–Trinajstić information content (AvgIpc) is 2.73. The van der Waals surface area contributed by atoms with E-state index in [4.69, 9.17) is 14.6 Å². The molecule has 160 valence electrons. The number of anilines is 1. The van der Waals surface area contributed by atoms with E-state index in [1.54, 1.807) is 18.2 Å². The molecule has 0 aromatic heterocycles. The molecule has 1 saturated carbocycles. The minimum atomic E-state index is -1.06. The number of amides is 1. The summed E-state index contributed by atoms with van der Waals surface area (Å²) < 4.78 is 10.5. The van der Waals surface area contributed by atoms with Crippen LogP contribution >= 0.6 is 0 Å². The lowest BCUT2D eigenvalue weighted by atomic mass is 9.79. The summed E-state index contributed by atoms with van der Waals surface area (Å²) in [4.78, 5) is 23.2. The maximum atomic E-state index is 12.6. The maximum absolute atomic E-state index is 12.6. The Balaban J connectivity index is 1.61. The number of aliphatic carboxylic acids is 1. The monoisotopic (exact) mass is 411 g/mol. The van der Waals surface area contributed by atoms with E-state index in [1.165, 1.54) is 38.4 Å². The number of nitrogens with one attached hydrogen (secondary N) is 1. The van der Waals surface area contributed by atoms with Gasteiger partial charge in [-0.25, -0.2) is 4.79 Å². The second-order valence-corrected chi connectivity index (χ2v) is 7.97. The number of hydrogen-bond acceptors (Lipinski definition) is 4. The van der Waals surface area contributed by atoms with E-state index in [0.29, 0.717) is 17.4 Å². The van der Waals surface area contributed by atoms with E-state index in [2.05, 4.69) is 24.4 Å². The van der Waals surface area contributed by atoms with Crippen LogP contribution in [-0.2, 0) is 16.0 Å². The number of benzene rings is 2. The molecular formula is C24H29NO5. The predicted molar refractivity (Wildman–Crippen MR) is 115 cm³/mol. The van der Waals surface area contributed by atoms with Gasteiger partial charge in [-0.15, -0.1) is 0 Å². The van der Waals surface area contributed by atoms with Gasteiger partial charge in [-0.2, -0.15) is 0 Å². The van der Waals surface area contributed by atoms with Crippen LogP contribution in [0.25, 0.3) is 0 Å². The highest BCUT2D eigenvalue weighted by Crippen LogP contribution is 2.36. The van der Waals surface area contributed by atoms with Crippen molar-refractivity contribution in [3.8, 4) is 11.5 Å². The molecule has 3 rings (SSSR count). The van der Waals surface area contributed by atoms with Gasteiger partial charge in [-0.3, -0.25) is 4.79 Å². The van der Waals surface area contributed by atoms with Gasteiger partial charge in [0.25, 0.3) is 0 Å². The van der Waals surface area contributed by atoms with E-state index in [9.17, 15) is 9.59 Å². The number of carbonyl (C=O) groups is 2. The standard InChI is InChI=1S/C24H29NO5/c1-16-6-9-18(10-7-16)19-4-3-5-20(14-19)25-23(26)13-17-8-11-21(22(12-17)29-2)30-15-24(27)28/h3-5,8,11-12,14,16,18H,6-7,9-10,13,15H2,1-2H3,(H,25,26)(H,27,28). The highest BCUT2D eigenvalue weighted by Gasteiger charge is 2.20. The van der Waals surface area contributed by atoms with Crippen molar-refractivity contribution in [3.05, 3.63) is 53.6 Å². The van der Waals surface area contributed by atoms with Gasteiger partial charge < -0.3 is 19.9 Å². The van der Waals surface area contributed by atoms with Crippen LogP contribution in [0.5, 0.6) is 11.5 Å². The van der Waals surface area contributed by atoms with Crippen LogP contribution in [0.4, 0.5) is 5.69 Å². The van der Waals surface area contributed by atoms with Crippen LogP contribution in [0.2, 0.25) is 0 Å². The molecule has 2 aromatic carbocycles. The summed E-state index contributed by atoms with van der Waals surface area (Å²) >= 11 is 0. The molecule has 0 radical (unpaired) electrons.